The molecular weight excluding hydrogens is 253 g/mol. The zero-order valence-corrected chi connectivity index (χ0v) is 11.3. The van der Waals surface area contributed by atoms with Crippen LogP contribution >= 0.6 is 7.60 Å². The predicted octanol–water partition coefficient (Wildman–Crippen LogP) is 2.37. The summed E-state index contributed by atoms with van der Waals surface area (Å²) in [6.45, 7) is 3.93. The van der Waals surface area contributed by atoms with Crippen LogP contribution in [0.3, 0.4) is 0 Å². The van der Waals surface area contributed by atoms with Gasteiger partial charge in [0.1, 0.15) is 12.3 Å². The molecule has 98 valence electrons. The number of carbonyl (C=O) groups is 1. The van der Waals surface area contributed by atoms with Gasteiger partial charge in [0.25, 0.3) is 0 Å². The maximum absolute atomic E-state index is 11.9. The van der Waals surface area contributed by atoms with Gasteiger partial charge >= 0.3 is 13.6 Å². The van der Waals surface area contributed by atoms with Crippen LogP contribution < -0.4 is 5.32 Å². The van der Waals surface area contributed by atoms with E-state index in [1.807, 2.05) is 31.2 Å². The highest BCUT2D eigenvalue weighted by molar-refractivity contribution is 7.54. The summed E-state index contributed by atoms with van der Waals surface area (Å²) in [5.41, 5.74) is 1.91. The monoisotopic (exact) mass is 269 g/mol. The fraction of sp³-hybridized carbons (Fsp3) is 0.417. The quantitative estimate of drug-likeness (QED) is 0.853. The standard InChI is InChI=1S/C12H16NO4P/c1-3-16-18(15)8-13-11(12(14)17-18)10-6-4-9(2)5-7-10/h4-7,11,13H,3,8H2,1-2H3. The molecule has 2 rings (SSSR count). The Morgan fingerprint density at radius 2 is 2.11 bits per heavy atom. The Hall–Kier alpha value is -1.16. The minimum absolute atomic E-state index is 0.0467. The Labute approximate surface area is 106 Å². The smallest absolute Gasteiger partial charge is 0.389 e. The van der Waals surface area contributed by atoms with E-state index >= 15 is 0 Å². The van der Waals surface area contributed by atoms with E-state index in [0.717, 1.165) is 11.1 Å². The molecule has 2 unspecified atom stereocenters. The number of benzene rings is 1. The van der Waals surface area contributed by atoms with E-state index in [1.54, 1.807) is 6.92 Å². The predicted molar refractivity (Wildman–Crippen MR) is 67.2 cm³/mol. The van der Waals surface area contributed by atoms with E-state index in [-0.39, 0.29) is 12.9 Å². The molecule has 1 aliphatic heterocycles. The zero-order chi connectivity index (χ0) is 13.2. The first kappa shape index (κ1) is 13.3. The van der Waals surface area contributed by atoms with Crippen molar-refractivity contribution in [3.05, 3.63) is 35.4 Å². The molecule has 0 amide bonds. The van der Waals surface area contributed by atoms with Gasteiger partial charge in [-0.15, -0.1) is 0 Å². The molecule has 1 aromatic rings. The molecule has 0 aromatic heterocycles. The van der Waals surface area contributed by atoms with Crippen molar-refractivity contribution in [2.24, 2.45) is 0 Å². The summed E-state index contributed by atoms with van der Waals surface area (Å²) in [5.74, 6) is -0.554. The molecule has 5 nitrogen and oxygen atoms in total. The van der Waals surface area contributed by atoms with Crippen molar-refractivity contribution in [1.29, 1.82) is 0 Å². The molecule has 1 saturated heterocycles. The summed E-state index contributed by atoms with van der Waals surface area (Å²) in [5, 5.41) is 2.92. The van der Waals surface area contributed by atoms with Crippen molar-refractivity contribution in [3.8, 4) is 0 Å². The Balaban J connectivity index is 2.13. The molecule has 0 bridgehead atoms. The summed E-state index contributed by atoms with van der Waals surface area (Å²) in [4.78, 5) is 11.8. The lowest BCUT2D eigenvalue weighted by molar-refractivity contribution is -0.138. The van der Waals surface area contributed by atoms with E-state index in [4.69, 9.17) is 9.05 Å². The summed E-state index contributed by atoms with van der Waals surface area (Å²) in [6.07, 6.45) is 0.0467. The molecule has 1 aromatic carbocycles. The first-order chi connectivity index (χ1) is 8.54. The summed E-state index contributed by atoms with van der Waals surface area (Å²) in [7, 11) is -3.30. The molecular formula is C12H16NO4P. The van der Waals surface area contributed by atoms with Gasteiger partial charge in [0, 0.05) is 0 Å². The molecule has 2 atom stereocenters. The molecule has 1 heterocycles. The van der Waals surface area contributed by atoms with E-state index in [2.05, 4.69) is 5.32 Å². The van der Waals surface area contributed by atoms with E-state index in [0.29, 0.717) is 0 Å². The van der Waals surface area contributed by atoms with Gasteiger partial charge in [-0.3, -0.25) is 9.84 Å². The van der Waals surface area contributed by atoms with Crippen molar-refractivity contribution in [2.75, 3.05) is 12.9 Å². The Kier molecular flexibility index (Phi) is 3.85. The summed E-state index contributed by atoms with van der Waals surface area (Å²) >= 11 is 0. The van der Waals surface area contributed by atoms with Gasteiger partial charge < -0.3 is 4.52 Å². The highest BCUT2D eigenvalue weighted by Crippen LogP contribution is 2.50. The Bertz CT molecular complexity index is 485. The van der Waals surface area contributed by atoms with Crippen LogP contribution in [-0.4, -0.2) is 18.9 Å². The number of carbonyl (C=O) groups excluding carboxylic acids is 1. The second-order valence-electron chi connectivity index (χ2n) is 4.14. The SMILES string of the molecule is CCOP1(=O)CNC(c2ccc(C)cc2)C(=O)O1. The third kappa shape index (κ3) is 2.80. The van der Waals surface area contributed by atoms with Crippen molar-refractivity contribution >= 4 is 13.6 Å². The van der Waals surface area contributed by atoms with Crippen LogP contribution in [0.1, 0.15) is 24.1 Å². The van der Waals surface area contributed by atoms with E-state index < -0.39 is 19.6 Å². The van der Waals surface area contributed by atoms with Crippen LogP contribution in [-0.2, 0) is 18.4 Å². The number of hydrogen-bond donors (Lipinski definition) is 1. The fourth-order valence-corrected chi connectivity index (χ4v) is 3.18. The fourth-order valence-electron chi connectivity index (χ4n) is 1.79. The zero-order valence-electron chi connectivity index (χ0n) is 10.4. The molecule has 18 heavy (non-hydrogen) atoms. The highest BCUT2D eigenvalue weighted by atomic mass is 31.2. The minimum Gasteiger partial charge on any atom is -0.389 e. The number of rotatable bonds is 3. The van der Waals surface area contributed by atoms with Crippen LogP contribution in [0, 0.1) is 6.92 Å². The van der Waals surface area contributed by atoms with Crippen molar-refractivity contribution in [2.45, 2.75) is 19.9 Å². The normalized spacial score (nSPS) is 27.9. The number of nitrogens with one attached hydrogen (secondary N) is 1. The van der Waals surface area contributed by atoms with E-state index in [1.165, 1.54) is 0 Å². The molecule has 0 aliphatic carbocycles. The van der Waals surface area contributed by atoms with Crippen LogP contribution in [0.25, 0.3) is 0 Å². The lowest BCUT2D eigenvalue weighted by atomic mass is 10.1. The average Bonchev–Trinajstić information content (AvgIpc) is 2.31. The minimum atomic E-state index is -3.30. The maximum atomic E-state index is 11.9. The third-order valence-corrected chi connectivity index (χ3v) is 4.37. The third-order valence-electron chi connectivity index (χ3n) is 2.69. The van der Waals surface area contributed by atoms with Crippen LogP contribution in [0.5, 0.6) is 0 Å². The first-order valence-corrected chi connectivity index (χ1v) is 7.54. The van der Waals surface area contributed by atoms with Gasteiger partial charge in [0.15, 0.2) is 0 Å². The van der Waals surface area contributed by atoms with Gasteiger partial charge in [-0.2, -0.15) is 0 Å². The van der Waals surface area contributed by atoms with Crippen molar-refractivity contribution in [3.63, 3.8) is 0 Å². The van der Waals surface area contributed by atoms with Crippen molar-refractivity contribution < 1.29 is 18.4 Å². The molecule has 6 heteroatoms. The molecule has 1 N–H and O–H groups in total. The van der Waals surface area contributed by atoms with Crippen LogP contribution in [0.15, 0.2) is 24.3 Å². The Morgan fingerprint density at radius 1 is 1.44 bits per heavy atom. The molecule has 0 saturated carbocycles. The largest absolute Gasteiger partial charge is 0.395 e. The molecule has 0 radical (unpaired) electrons. The lowest BCUT2D eigenvalue weighted by Gasteiger charge is -2.28. The second kappa shape index (κ2) is 5.22. The molecule has 1 fully saturated rings. The second-order valence-corrected chi connectivity index (χ2v) is 6.12. The lowest BCUT2D eigenvalue weighted by Crippen LogP contribution is -2.36. The number of aryl methyl sites for hydroxylation is 1. The Morgan fingerprint density at radius 3 is 2.67 bits per heavy atom. The van der Waals surface area contributed by atoms with E-state index in [9.17, 15) is 9.36 Å². The topological polar surface area (TPSA) is 64.6 Å². The van der Waals surface area contributed by atoms with Crippen LogP contribution in [0.2, 0.25) is 0 Å². The average molecular weight is 269 g/mol. The molecule has 0 spiro atoms. The van der Waals surface area contributed by atoms with Gasteiger partial charge in [-0.05, 0) is 19.4 Å². The van der Waals surface area contributed by atoms with Gasteiger partial charge in [-0.1, -0.05) is 29.8 Å². The summed E-state index contributed by atoms with van der Waals surface area (Å²) in [6, 6.07) is 6.96. The highest BCUT2D eigenvalue weighted by Gasteiger charge is 2.39. The van der Waals surface area contributed by atoms with Crippen molar-refractivity contribution in [1.82, 2.24) is 5.32 Å². The number of hydrogen-bond acceptors (Lipinski definition) is 5. The van der Waals surface area contributed by atoms with Gasteiger partial charge in [-0.25, -0.2) is 9.36 Å². The van der Waals surface area contributed by atoms with Gasteiger partial charge in [0.2, 0.25) is 0 Å². The maximum Gasteiger partial charge on any atom is 0.395 e. The first-order valence-electron chi connectivity index (χ1n) is 5.81. The molecule has 1 aliphatic rings. The van der Waals surface area contributed by atoms with Gasteiger partial charge in [0.05, 0.1) is 6.61 Å². The summed E-state index contributed by atoms with van der Waals surface area (Å²) < 4.78 is 21.9. The van der Waals surface area contributed by atoms with Crippen LogP contribution in [0.4, 0.5) is 0 Å².